The number of aromatic nitrogens is 2. The van der Waals surface area contributed by atoms with Crippen LogP contribution in [0, 0.1) is 11.6 Å². The largest absolute Gasteiger partial charge is 0.349 e. The second-order valence-corrected chi connectivity index (χ2v) is 6.17. The molecule has 6 nitrogen and oxygen atoms in total. The number of halogens is 2. The zero-order chi connectivity index (χ0) is 18.7. The molecule has 0 aliphatic carbocycles. The van der Waals surface area contributed by atoms with Gasteiger partial charge in [-0.05, 0) is 37.8 Å². The molecule has 2 amide bonds. The van der Waals surface area contributed by atoms with E-state index < -0.39 is 17.5 Å². The van der Waals surface area contributed by atoms with Gasteiger partial charge in [0.05, 0.1) is 11.4 Å². The van der Waals surface area contributed by atoms with Crippen LogP contribution in [0.5, 0.6) is 0 Å². The molecule has 2 N–H and O–H groups in total. The Labute approximate surface area is 149 Å². The van der Waals surface area contributed by atoms with E-state index in [4.69, 9.17) is 0 Å². The van der Waals surface area contributed by atoms with Gasteiger partial charge in [-0.3, -0.25) is 9.59 Å². The topological polar surface area (TPSA) is 76.0 Å². The van der Waals surface area contributed by atoms with E-state index in [-0.39, 0.29) is 23.1 Å². The van der Waals surface area contributed by atoms with Gasteiger partial charge in [0.1, 0.15) is 11.6 Å². The molecule has 1 aromatic carbocycles. The Kier molecular flexibility index (Phi) is 5.29. The maximum atomic E-state index is 13.8. The minimum atomic E-state index is -0.868. The molecule has 0 saturated carbocycles. The highest BCUT2D eigenvalue weighted by atomic mass is 19.1. The molecule has 0 saturated heterocycles. The number of nitrogens with zero attached hydrogens (tertiary/aromatic N) is 2. The molecule has 1 aliphatic rings. The van der Waals surface area contributed by atoms with Crippen molar-refractivity contribution in [2.45, 2.75) is 39.2 Å². The molecule has 8 heteroatoms. The second kappa shape index (κ2) is 7.63. The van der Waals surface area contributed by atoms with E-state index in [9.17, 15) is 18.4 Å². The third kappa shape index (κ3) is 3.58. The maximum Gasteiger partial charge on any atom is 0.287 e. The van der Waals surface area contributed by atoms with Gasteiger partial charge < -0.3 is 15.2 Å². The molecular weight excluding hydrogens is 342 g/mol. The summed E-state index contributed by atoms with van der Waals surface area (Å²) in [6, 6.07) is 2.91. The smallest absolute Gasteiger partial charge is 0.287 e. The summed E-state index contributed by atoms with van der Waals surface area (Å²) in [4.78, 5) is 29.2. The van der Waals surface area contributed by atoms with Gasteiger partial charge in [0.25, 0.3) is 11.8 Å². The summed E-state index contributed by atoms with van der Waals surface area (Å²) >= 11 is 0. The summed E-state index contributed by atoms with van der Waals surface area (Å²) in [5.74, 6) is -2.35. The summed E-state index contributed by atoms with van der Waals surface area (Å²) in [7, 11) is 0. The first kappa shape index (κ1) is 18.0. The van der Waals surface area contributed by atoms with Crippen LogP contribution in [0.4, 0.5) is 14.5 Å². The summed E-state index contributed by atoms with van der Waals surface area (Å²) in [5, 5.41) is 5.17. The Morgan fingerprint density at radius 1 is 1.23 bits per heavy atom. The second-order valence-electron chi connectivity index (χ2n) is 6.17. The van der Waals surface area contributed by atoms with Crippen molar-refractivity contribution in [1.82, 2.24) is 14.9 Å². The number of fused-ring (bicyclic) bond motifs is 1. The normalized spacial score (nSPS) is 13.2. The quantitative estimate of drug-likeness (QED) is 0.859. The summed E-state index contributed by atoms with van der Waals surface area (Å²) in [6.07, 6.45) is 3.18. The highest BCUT2D eigenvalue weighted by molar-refractivity contribution is 6.05. The Bertz CT molecular complexity index is 848. The van der Waals surface area contributed by atoms with E-state index >= 15 is 0 Å². The molecule has 26 heavy (non-hydrogen) atoms. The lowest BCUT2D eigenvalue weighted by molar-refractivity contribution is 0.0937. The molecule has 0 unspecified atom stereocenters. The van der Waals surface area contributed by atoms with Crippen molar-refractivity contribution in [2.24, 2.45) is 0 Å². The zero-order valence-electron chi connectivity index (χ0n) is 14.4. The molecule has 138 valence electrons. The first-order chi connectivity index (χ1) is 12.5. The van der Waals surface area contributed by atoms with Crippen molar-refractivity contribution in [3.63, 3.8) is 0 Å². The molecule has 1 aliphatic heterocycles. The summed E-state index contributed by atoms with van der Waals surface area (Å²) < 4.78 is 28.6. The number of hydrogen-bond acceptors (Lipinski definition) is 3. The van der Waals surface area contributed by atoms with E-state index in [1.54, 1.807) is 4.57 Å². The van der Waals surface area contributed by atoms with Gasteiger partial charge in [0, 0.05) is 19.2 Å². The lowest BCUT2D eigenvalue weighted by Gasteiger charge is -2.17. The van der Waals surface area contributed by atoms with Gasteiger partial charge >= 0.3 is 0 Å². The third-order valence-electron chi connectivity index (χ3n) is 4.25. The first-order valence-electron chi connectivity index (χ1n) is 8.65. The number of benzene rings is 1. The first-order valence-corrected chi connectivity index (χ1v) is 8.65. The SMILES string of the molecule is CCCNC(=O)c1nc(C(=O)Nc2ccc(F)cc2F)c2n1CCCC2. The van der Waals surface area contributed by atoms with Crippen molar-refractivity contribution >= 4 is 17.5 Å². The van der Waals surface area contributed by atoms with Gasteiger partial charge in [-0.2, -0.15) is 0 Å². The Morgan fingerprint density at radius 2 is 2.04 bits per heavy atom. The van der Waals surface area contributed by atoms with Gasteiger partial charge in [-0.25, -0.2) is 13.8 Å². The average molecular weight is 362 g/mol. The van der Waals surface area contributed by atoms with Crippen LogP contribution in [0.2, 0.25) is 0 Å². The van der Waals surface area contributed by atoms with Crippen LogP contribution in [0.25, 0.3) is 0 Å². The van der Waals surface area contributed by atoms with E-state index in [2.05, 4.69) is 15.6 Å². The average Bonchev–Trinajstić information content (AvgIpc) is 3.02. The number of rotatable bonds is 5. The number of anilines is 1. The highest BCUT2D eigenvalue weighted by Gasteiger charge is 2.27. The minimum absolute atomic E-state index is 0.107. The Morgan fingerprint density at radius 3 is 2.77 bits per heavy atom. The molecule has 0 radical (unpaired) electrons. The molecule has 1 aromatic heterocycles. The number of hydrogen-bond donors (Lipinski definition) is 2. The van der Waals surface area contributed by atoms with E-state index in [0.717, 1.165) is 31.4 Å². The molecule has 2 aromatic rings. The number of nitrogens with one attached hydrogen (secondary N) is 2. The lowest BCUT2D eigenvalue weighted by Crippen LogP contribution is -2.28. The van der Waals surface area contributed by atoms with Crippen LogP contribution in [0.1, 0.15) is 53.0 Å². The van der Waals surface area contributed by atoms with Crippen LogP contribution in [-0.4, -0.2) is 27.9 Å². The van der Waals surface area contributed by atoms with Crippen molar-refractivity contribution in [3.8, 4) is 0 Å². The fourth-order valence-electron chi connectivity index (χ4n) is 2.99. The molecule has 3 rings (SSSR count). The number of carbonyl (C=O) groups is 2. The summed E-state index contributed by atoms with van der Waals surface area (Å²) in [6.45, 7) is 3.07. The minimum Gasteiger partial charge on any atom is -0.349 e. The van der Waals surface area contributed by atoms with Crippen molar-refractivity contribution in [2.75, 3.05) is 11.9 Å². The zero-order valence-corrected chi connectivity index (χ0v) is 14.4. The third-order valence-corrected chi connectivity index (χ3v) is 4.25. The predicted molar refractivity (Wildman–Crippen MR) is 92.1 cm³/mol. The monoisotopic (exact) mass is 362 g/mol. The van der Waals surface area contributed by atoms with Gasteiger partial charge in [0.2, 0.25) is 0 Å². The van der Waals surface area contributed by atoms with Crippen LogP contribution < -0.4 is 10.6 Å². The fourth-order valence-corrected chi connectivity index (χ4v) is 2.99. The van der Waals surface area contributed by atoms with E-state index in [1.165, 1.54) is 0 Å². The van der Waals surface area contributed by atoms with Crippen LogP contribution in [0.15, 0.2) is 18.2 Å². The fraction of sp³-hybridized carbons (Fsp3) is 0.389. The van der Waals surface area contributed by atoms with Gasteiger partial charge in [-0.15, -0.1) is 0 Å². The molecular formula is C18H20F2N4O2. The predicted octanol–water partition coefficient (Wildman–Crippen LogP) is 2.89. The standard InChI is InChI=1S/C18H20F2N4O2/c1-2-8-21-18(26)16-23-15(14-5-3-4-9-24(14)16)17(25)22-13-7-6-11(19)10-12(13)20/h6-7,10H,2-5,8-9H2,1H3,(H,21,26)(H,22,25). The van der Waals surface area contributed by atoms with Crippen LogP contribution >= 0.6 is 0 Å². The van der Waals surface area contributed by atoms with Crippen LogP contribution in [-0.2, 0) is 13.0 Å². The van der Waals surface area contributed by atoms with Crippen molar-refractivity contribution in [1.29, 1.82) is 0 Å². The van der Waals surface area contributed by atoms with Crippen molar-refractivity contribution in [3.05, 3.63) is 47.0 Å². The Hall–Kier alpha value is -2.77. The van der Waals surface area contributed by atoms with Crippen molar-refractivity contribution < 1.29 is 18.4 Å². The molecule has 2 heterocycles. The lowest BCUT2D eigenvalue weighted by atomic mass is 10.1. The number of amides is 2. The number of carbonyl (C=O) groups excluding carboxylic acids is 2. The van der Waals surface area contributed by atoms with E-state index in [0.29, 0.717) is 31.3 Å². The molecule has 0 spiro atoms. The van der Waals surface area contributed by atoms with Crippen LogP contribution in [0.3, 0.4) is 0 Å². The maximum absolute atomic E-state index is 13.8. The molecule has 0 bridgehead atoms. The Balaban J connectivity index is 1.90. The highest BCUT2D eigenvalue weighted by Crippen LogP contribution is 2.23. The summed E-state index contributed by atoms with van der Waals surface area (Å²) in [5.41, 5.74) is 0.638. The molecule has 0 atom stereocenters. The van der Waals surface area contributed by atoms with E-state index in [1.807, 2.05) is 6.92 Å². The molecule has 0 fully saturated rings. The van der Waals surface area contributed by atoms with Gasteiger partial charge in [-0.1, -0.05) is 6.92 Å². The number of imidazole rings is 1. The van der Waals surface area contributed by atoms with Gasteiger partial charge in [0.15, 0.2) is 11.5 Å².